The van der Waals surface area contributed by atoms with Gasteiger partial charge >= 0.3 is 17.9 Å². The number of hydrogen-bond acceptors (Lipinski definition) is 6. The molecule has 0 radical (unpaired) electrons. The molecule has 6 heteroatoms. The van der Waals surface area contributed by atoms with Crippen molar-refractivity contribution in [2.75, 3.05) is 13.2 Å². The Kier molecular flexibility index (Phi) is 46.0. The highest BCUT2D eigenvalue weighted by Crippen LogP contribution is 2.13. The van der Waals surface area contributed by atoms with Gasteiger partial charge in [0.2, 0.25) is 0 Å². The third-order valence-corrected chi connectivity index (χ3v) is 10.2. The number of carbonyl (C=O) groups is 3. The molecule has 0 saturated heterocycles. The number of ether oxygens (including phenoxy) is 3. The third-order valence-electron chi connectivity index (χ3n) is 10.2. The van der Waals surface area contributed by atoms with Gasteiger partial charge in [-0.15, -0.1) is 0 Å². The molecule has 0 heterocycles. The lowest BCUT2D eigenvalue weighted by molar-refractivity contribution is -0.167. The van der Waals surface area contributed by atoms with E-state index in [1.165, 1.54) is 70.6 Å². The zero-order chi connectivity index (χ0) is 44.4. The smallest absolute Gasteiger partial charge is 0.306 e. The van der Waals surface area contributed by atoms with Crippen LogP contribution in [-0.4, -0.2) is 37.2 Å². The Bertz CT molecular complexity index is 1250. The maximum absolute atomic E-state index is 12.8. The summed E-state index contributed by atoms with van der Waals surface area (Å²) < 4.78 is 16.7. The molecule has 0 aliphatic carbocycles. The van der Waals surface area contributed by atoms with Crippen molar-refractivity contribution in [2.45, 2.75) is 219 Å². The van der Waals surface area contributed by atoms with Crippen LogP contribution in [0.3, 0.4) is 0 Å². The summed E-state index contributed by atoms with van der Waals surface area (Å²) in [4.78, 5) is 37.9. The Morgan fingerprint density at radius 3 is 1.21 bits per heavy atom. The van der Waals surface area contributed by atoms with Crippen molar-refractivity contribution in [1.29, 1.82) is 0 Å². The molecule has 6 nitrogen and oxygen atoms in total. The average molecular weight is 847 g/mol. The van der Waals surface area contributed by atoms with E-state index < -0.39 is 6.10 Å². The monoisotopic (exact) mass is 847 g/mol. The first-order chi connectivity index (χ1) is 30.0. The van der Waals surface area contributed by atoms with Gasteiger partial charge in [-0.3, -0.25) is 14.4 Å². The van der Waals surface area contributed by atoms with Gasteiger partial charge in [-0.2, -0.15) is 0 Å². The molecule has 0 amide bonds. The minimum atomic E-state index is -0.809. The van der Waals surface area contributed by atoms with Crippen LogP contribution in [0, 0.1) is 0 Å². The van der Waals surface area contributed by atoms with Gasteiger partial charge in [0, 0.05) is 19.3 Å². The number of esters is 3. The van der Waals surface area contributed by atoms with Crippen LogP contribution in [0.4, 0.5) is 0 Å². The standard InChI is InChI=1S/C55H90O6/c1-4-7-10-13-16-19-22-25-27-28-31-33-36-39-42-45-48-54(57)60-51-52(50-59-53(56)47-44-41-38-35-32-29-24-21-18-15-12-9-6-3)61-55(58)49-46-43-40-37-34-30-26-23-20-17-14-11-8-5-2/h8-9,11-12,15,17-18,20-21,24,27-29,31-33,52H,4-7,10,13-14,16,19,22-23,25-26,30,34-51H2,1-3H3/b11-8-,12-9-,18-15-,20-17-,24-21-,28-27-,32-29-,33-31-. The molecule has 0 rings (SSSR count). The molecule has 0 aliphatic heterocycles. The van der Waals surface area contributed by atoms with Crippen LogP contribution in [-0.2, 0) is 28.6 Å². The Balaban J connectivity index is 4.50. The fourth-order valence-corrected chi connectivity index (χ4v) is 6.48. The minimum absolute atomic E-state index is 0.109. The van der Waals surface area contributed by atoms with E-state index in [0.29, 0.717) is 19.3 Å². The molecule has 0 aromatic carbocycles. The number of hydrogen-bond donors (Lipinski definition) is 0. The second kappa shape index (κ2) is 49.0. The molecule has 1 unspecified atom stereocenters. The first kappa shape index (κ1) is 57.3. The Morgan fingerprint density at radius 1 is 0.361 bits per heavy atom. The second-order valence-electron chi connectivity index (χ2n) is 16.1. The van der Waals surface area contributed by atoms with Gasteiger partial charge in [0.1, 0.15) is 13.2 Å². The zero-order valence-electron chi connectivity index (χ0n) is 39.4. The molecule has 0 aliphatic rings. The van der Waals surface area contributed by atoms with Gasteiger partial charge in [0.25, 0.3) is 0 Å². The number of rotatable bonds is 43. The van der Waals surface area contributed by atoms with Gasteiger partial charge in [-0.05, 0) is 89.9 Å². The van der Waals surface area contributed by atoms with Crippen LogP contribution >= 0.6 is 0 Å². The number of allylic oxidation sites excluding steroid dienone is 16. The lowest BCUT2D eigenvalue weighted by Crippen LogP contribution is -2.30. The van der Waals surface area contributed by atoms with Crippen molar-refractivity contribution in [2.24, 2.45) is 0 Å². The van der Waals surface area contributed by atoms with E-state index in [4.69, 9.17) is 14.2 Å². The maximum Gasteiger partial charge on any atom is 0.306 e. The highest BCUT2D eigenvalue weighted by molar-refractivity contribution is 5.71. The lowest BCUT2D eigenvalue weighted by Gasteiger charge is -2.18. The molecule has 0 aromatic rings. The van der Waals surface area contributed by atoms with Crippen molar-refractivity contribution in [3.05, 3.63) is 97.2 Å². The summed E-state index contributed by atoms with van der Waals surface area (Å²) in [5.41, 5.74) is 0. The topological polar surface area (TPSA) is 78.9 Å². The lowest BCUT2D eigenvalue weighted by atomic mass is 10.1. The molecule has 0 saturated carbocycles. The highest BCUT2D eigenvalue weighted by Gasteiger charge is 2.19. The van der Waals surface area contributed by atoms with E-state index in [1.807, 2.05) is 36.5 Å². The SMILES string of the molecule is CC\C=C/C=C\C=C/C=C\CCCCCC(=O)OCC(COC(=O)CCCCC/C=C\C=C/CCCCCCCCC)OC(=O)CCCCCCCCC/C=C\C/C=C\CC. The zero-order valence-corrected chi connectivity index (χ0v) is 39.4. The van der Waals surface area contributed by atoms with Crippen LogP contribution < -0.4 is 0 Å². The molecule has 0 fully saturated rings. The number of carbonyl (C=O) groups excluding carboxylic acids is 3. The molecule has 1 atom stereocenters. The average Bonchev–Trinajstić information content (AvgIpc) is 3.26. The van der Waals surface area contributed by atoms with Gasteiger partial charge in [-0.1, -0.05) is 201 Å². The van der Waals surface area contributed by atoms with E-state index >= 15 is 0 Å². The predicted octanol–water partition coefficient (Wildman–Crippen LogP) is 16.2. The normalized spacial score (nSPS) is 12.9. The summed E-state index contributed by atoms with van der Waals surface area (Å²) in [6, 6.07) is 0. The first-order valence-corrected chi connectivity index (χ1v) is 24.8. The fraction of sp³-hybridized carbons (Fsp3) is 0.655. The molecule has 0 N–H and O–H groups in total. The van der Waals surface area contributed by atoms with E-state index in [2.05, 4.69) is 81.5 Å². The summed E-state index contributed by atoms with van der Waals surface area (Å²) in [7, 11) is 0. The van der Waals surface area contributed by atoms with Gasteiger partial charge in [0.05, 0.1) is 0 Å². The van der Waals surface area contributed by atoms with E-state index in [0.717, 1.165) is 103 Å². The molecule has 0 spiro atoms. The summed E-state index contributed by atoms with van der Waals surface area (Å²) in [5, 5.41) is 0. The van der Waals surface area contributed by atoms with E-state index in [9.17, 15) is 14.4 Å². The van der Waals surface area contributed by atoms with Crippen LogP contribution in [0.5, 0.6) is 0 Å². The van der Waals surface area contributed by atoms with Gasteiger partial charge in [0.15, 0.2) is 6.10 Å². The molecule has 0 bridgehead atoms. The molecule has 61 heavy (non-hydrogen) atoms. The van der Waals surface area contributed by atoms with Crippen molar-refractivity contribution >= 4 is 17.9 Å². The summed E-state index contributed by atoms with van der Waals surface area (Å²) >= 11 is 0. The third kappa shape index (κ3) is 47.2. The predicted molar refractivity (Wildman–Crippen MR) is 260 cm³/mol. The minimum Gasteiger partial charge on any atom is -0.462 e. The largest absolute Gasteiger partial charge is 0.462 e. The maximum atomic E-state index is 12.8. The first-order valence-electron chi connectivity index (χ1n) is 24.8. The van der Waals surface area contributed by atoms with Crippen molar-refractivity contribution < 1.29 is 28.6 Å². The van der Waals surface area contributed by atoms with Gasteiger partial charge in [-0.25, -0.2) is 0 Å². The summed E-state index contributed by atoms with van der Waals surface area (Å²) in [6.45, 7) is 6.31. The van der Waals surface area contributed by atoms with Gasteiger partial charge < -0.3 is 14.2 Å². The van der Waals surface area contributed by atoms with E-state index in [1.54, 1.807) is 0 Å². The highest BCUT2D eigenvalue weighted by atomic mass is 16.6. The molecule has 0 aromatic heterocycles. The van der Waals surface area contributed by atoms with Crippen LogP contribution in [0.15, 0.2) is 97.2 Å². The summed E-state index contributed by atoms with van der Waals surface area (Å²) in [5.74, 6) is -0.986. The van der Waals surface area contributed by atoms with Crippen LogP contribution in [0.2, 0.25) is 0 Å². The number of unbranched alkanes of at least 4 members (excludes halogenated alkanes) is 20. The Hall–Kier alpha value is -3.67. The van der Waals surface area contributed by atoms with Crippen LogP contribution in [0.1, 0.15) is 213 Å². The summed E-state index contributed by atoms with van der Waals surface area (Å²) in [6.07, 6.45) is 63.9. The quantitative estimate of drug-likeness (QED) is 0.0200. The second-order valence-corrected chi connectivity index (χ2v) is 16.1. The molecular formula is C55H90O6. The molecular weight excluding hydrogens is 757 g/mol. The molecule has 346 valence electrons. The Morgan fingerprint density at radius 2 is 0.721 bits per heavy atom. The van der Waals surface area contributed by atoms with E-state index in [-0.39, 0.29) is 31.1 Å². The van der Waals surface area contributed by atoms with Crippen molar-refractivity contribution in [1.82, 2.24) is 0 Å². The fourth-order valence-electron chi connectivity index (χ4n) is 6.48. The van der Waals surface area contributed by atoms with Crippen LogP contribution in [0.25, 0.3) is 0 Å². The Labute approximate surface area is 375 Å². The van der Waals surface area contributed by atoms with Crippen molar-refractivity contribution in [3.63, 3.8) is 0 Å². The van der Waals surface area contributed by atoms with Crippen molar-refractivity contribution in [3.8, 4) is 0 Å².